The molecule has 0 saturated carbocycles. The Bertz CT molecular complexity index is 839. The molecule has 0 unspecified atom stereocenters. The number of carbonyl (C=O) groups excluding carboxylic acids is 2. The predicted molar refractivity (Wildman–Crippen MR) is 111 cm³/mol. The van der Waals surface area contributed by atoms with E-state index in [1.165, 1.54) is 11.3 Å². The van der Waals surface area contributed by atoms with Crippen LogP contribution in [0.1, 0.15) is 23.2 Å². The minimum atomic E-state index is -0.468. The number of pyridine rings is 1. The summed E-state index contributed by atoms with van der Waals surface area (Å²) in [5, 5.41) is 3.84. The van der Waals surface area contributed by atoms with Crippen LogP contribution in [0.15, 0.2) is 41.2 Å². The van der Waals surface area contributed by atoms with Crippen molar-refractivity contribution in [2.24, 2.45) is 11.3 Å². The number of amides is 2. The monoisotopic (exact) mass is 398 g/mol. The standard InChI is InChI=1S/C21H26N4O2S/c1-23(2)20(27)21-8-5-10-24(19(26)16-7-11-28-14-16)12-17(21)13-25(15-21)18-6-3-4-9-22-18/h3-4,6-7,9,11,14,17H,5,8,10,12-13,15H2,1-2H3/t17-,21-/m0/s1. The molecule has 0 aliphatic carbocycles. The van der Waals surface area contributed by atoms with Crippen molar-refractivity contribution in [3.05, 3.63) is 46.8 Å². The zero-order chi connectivity index (χ0) is 19.7. The molecule has 2 aromatic heterocycles. The first-order chi connectivity index (χ1) is 13.5. The summed E-state index contributed by atoms with van der Waals surface area (Å²) in [6.45, 7) is 2.71. The molecule has 0 N–H and O–H groups in total. The highest BCUT2D eigenvalue weighted by molar-refractivity contribution is 7.08. The van der Waals surface area contributed by atoms with Crippen molar-refractivity contribution in [2.45, 2.75) is 12.8 Å². The number of thiophene rings is 1. The Morgan fingerprint density at radius 2 is 2.11 bits per heavy atom. The van der Waals surface area contributed by atoms with E-state index in [0.29, 0.717) is 19.6 Å². The lowest BCUT2D eigenvalue weighted by molar-refractivity contribution is -0.141. The molecule has 2 amide bonds. The van der Waals surface area contributed by atoms with Gasteiger partial charge in [0.25, 0.3) is 5.91 Å². The van der Waals surface area contributed by atoms with Crippen LogP contribution in [-0.4, -0.2) is 66.9 Å². The highest BCUT2D eigenvalue weighted by Gasteiger charge is 2.54. The molecule has 2 fully saturated rings. The summed E-state index contributed by atoms with van der Waals surface area (Å²) >= 11 is 1.54. The van der Waals surface area contributed by atoms with E-state index in [1.54, 1.807) is 11.1 Å². The molecule has 2 atom stereocenters. The van der Waals surface area contributed by atoms with Gasteiger partial charge >= 0.3 is 0 Å². The summed E-state index contributed by atoms with van der Waals surface area (Å²) in [6.07, 6.45) is 3.42. The van der Waals surface area contributed by atoms with Crippen molar-refractivity contribution in [3.63, 3.8) is 0 Å². The molecule has 0 spiro atoms. The average Bonchev–Trinajstić information content (AvgIpc) is 3.33. The summed E-state index contributed by atoms with van der Waals surface area (Å²) in [7, 11) is 3.66. The summed E-state index contributed by atoms with van der Waals surface area (Å²) in [5.41, 5.74) is 0.279. The molecule has 0 bridgehead atoms. The second-order valence-corrected chi connectivity index (χ2v) is 8.77. The number of nitrogens with zero attached hydrogens (tertiary/aromatic N) is 4. The number of rotatable bonds is 3. The fraction of sp³-hybridized carbons (Fsp3) is 0.476. The van der Waals surface area contributed by atoms with Crippen LogP contribution in [0.4, 0.5) is 5.82 Å². The number of anilines is 1. The third-order valence-electron chi connectivity index (χ3n) is 6.05. The number of likely N-dealkylation sites (tertiary alicyclic amines) is 1. The third kappa shape index (κ3) is 3.28. The van der Waals surface area contributed by atoms with E-state index in [2.05, 4.69) is 9.88 Å². The van der Waals surface area contributed by atoms with Crippen LogP contribution in [0, 0.1) is 11.3 Å². The molecule has 4 heterocycles. The normalized spacial score (nSPS) is 24.6. The van der Waals surface area contributed by atoms with Crippen LogP contribution in [0.3, 0.4) is 0 Å². The molecule has 2 aromatic rings. The lowest BCUT2D eigenvalue weighted by Crippen LogP contribution is -2.47. The van der Waals surface area contributed by atoms with Crippen LogP contribution in [-0.2, 0) is 4.79 Å². The van der Waals surface area contributed by atoms with Gasteiger partial charge in [0, 0.05) is 57.8 Å². The Morgan fingerprint density at radius 3 is 2.79 bits per heavy atom. The molecule has 4 rings (SSSR count). The molecule has 2 aliphatic rings. The fourth-order valence-electron chi connectivity index (χ4n) is 4.70. The molecule has 0 aromatic carbocycles. The van der Waals surface area contributed by atoms with Crippen molar-refractivity contribution < 1.29 is 9.59 Å². The topological polar surface area (TPSA) is 56.8 Å². The Hall–Kier alpha value is -2.41. The maximum absolute atomic E-state index is 13.3. The van der Waals surface area contributed by atoms with E-state index in [-0.39, 0.29) is 17.7 Å². The first kappa shape index (κ1) is 18.9. The summed E-state index contributed by atoms with van der Waals surface area (Å²) in [4.78, 5) is 36.7. The van der Waals surface area contributed by atoms with Crippen molar-refractivity contribution >= 4 is 29.0 Å². The van der Waals surface area contributed by atoms with Gasteiger partial charge in [-0.3, -0.25) is 9.59 Å². The van der Waals surface area contributed by atoms with Crippen molar-refractivity contribution in [2.75, 3.05) is 45.2 Å². The third-order valence-corrected chi connectivity index (χ3v) is 6.73. The summed E-state index contributed by atoms with van der Waals surface area (Å²) < 4.78 is 0. The molecular formula is C21H26N4O2S. The van der Waals surface area contributed by atoms with Crippen molar-refractivity contribution in [1.82, 2.24) is 14.8 Å². The van der Waals surface area contributed by atoms with Crippen LogP contribution in [0.5, 0.6) is 0 Å². The first-order valence-electron chi connectivity index (χ1n) is 9.70. The Morgan fingerprint density at radius 1 is 1.25 bits per heavy atom. The van der Waals surface area contributed by atoms with Gasteiger partial charge in [0.2, 0.25) is 5.91 Å². The van der Waals surface area contributed by atoms with Gasteiger partial charge in [0.1, 0.15) is 5.82 Å². The van der Waals surface area contributed by atoms with Gasteiger partial charge in [-0.2, -0.15) is 11.3 Å². The summed E-state index contributed by atoms with van der Waals surface area (Å²) in [6, 6.07) is 7.75. The highest BCUT2D eigenvalue weighted by Crippen LogP contribution is 2.45. The lowest BCUT2D eigenvalue weighted by Gasteiger charge is -2.34. The van der Waals surface area contributed by atoms with Crippen molar-refractivity contribution in [1.29, 1.82) is 0 Å². The van der Waals surface area contributed by atoms with E-state index in [1.807, 2.05) is 54.0 Å². The number of carbonyl (C=O) groups is 2. The highest BCUT2D eigenvalue weighted by atomic mass is 32.1. The Balaban J connectivity index is 1.64. The maximum atomic E-state index is 13.3. The second-order valence-electron chi connectivity index (χ2n) is 7.99. The smallest absolute Gasteiger partial charge is 0.254 e. The maximum Gasteiger partial charge on any atom is 0.254 e. The molecule has 28 heavy (non-hydrogen) atoms. The molecule has 2 saturated heterocycles. The second kappa shape index (κ2) is 7.54. The number of aromatic nitrogens is 1. The van der Waals surface area contributed by atoms with Crippen LogP contribution in [0.2, 0.25) is 0 Å². The molecular weight excluding hydrogens is 372 g/mol. The first-order valence-corrected chi connectivity index (χ1v) is 10.6. The van der Waals surface area contributed by atoms with Crippen molar-refractivity contribution in [3.8, 4) is 0 Å². The van der Waals surface area contributed by atoms with E-state index < -0.39 is 5.41 Å². The van der Waals surface area contributed by atoms with Gasteiger partial charge in [-0.15, -0.1) is 0 Å². The molecule has 7 heteroatoms. The quantitative estimate of drug-likeness (QED) is 0.798. The SMILES string of the molecule is CN(C)C(=O)[C@]12CCCN(C(=O)c3ccsc3)C[C@H]1CN(c1ccccn1)C2. The molecule has 6 nitrogen and oxygen atoms in total. The van der Waals surface area contributed by atoms with E-state index in [4.69, 9.17) is 0 Å². The predicted octanol–water partition coefficient (Wildman–Crippen LogP) is 2.59. The number of fused-ring (bicyclic) bond motifs is 1. The van der Waals surface area contributed by atoms with E-state index in [9.17, 15) is 9.59 Å². The van der Waals surface area contributed by atoms with Crippen LogP contribution < -0.4 is 4.90 Å². The molecule has 0 radical (unpaired) electrons. The minimum absolute atomic E-state index is 0.0747. The minimum Gasteiger partial charge on any atom is -0.355 e. The van der Waals surface area contributed by atoms with Gasteiger partial charge in [-0.1, -0.05) is 6.07 Å². The number of hydrogen-bond donors (Lipinski definition) is 0. The summed E-state index contributed by atoms with van der Waals surface area (Å²) in [5.74, 6) is 1.23. The van der Waals surface area contributed by atoms with Crippen LogP contribution >= 0.6 is 11.3 Å². The van der Waals surface area contributed by atoms with E-state index >= 15 is 0 Å². The molecule has 2 aliphatic heterocycles. The Kier molecular flexibility index (Phi) is 5.10. The molecule has 148 valence electrons. The Labute approximate surface area is 169 Å². The van der Waals surface area contributed by atoms with E-state index in [0.717, 1.165) is 30.8 Å². The van der Waals surface area contributed by atoms with Gasteiger partial charge < -0.3 is 14.7 Å². The van der Waals surface area contributed by atoms with Gasteiger partial charge in [0.05, 0.1) is 11.0 Å². The van der Waals surface area contributed by atoms with Gasteiger partial charge in [-0.05, 0) is 36.4 Å². The van der Waals surface area contributed by atoms with Gasteiger partial charge in [-0.25, -0.2) is 4.98 Å². The average molecular weight is 399 g/mol. The zero-order valence-corrected chi connectivity index (χ0v) is 17.2. The largest absolute Gasteiger partial charge is 0.355 e. The fourth-order valence-corrected chi connectivity index (χ4v) is 5.33. The lowest BCUT2D eigenvalue weighted by atomic mass is 9.74. The number of hydrogen-bond acceptors (Lipinski definition) is 5. The van der Waals surface area contributed by atoms with Crippen LogP contribution in [0.25, 0.3) is 0 Å². The van der Waals surface area contributed by atoms with Gasteiger partial charge in [0.15, 0.2) is 0 Å². The zero-order valence-electron chi connectivity index (χ0n) is 16.4.